The number of carbonyl (C=O) groups excluding carboxylic acids is 1. The first kappa shape index (κ1) is 13.6. The monoisotopic (exact) mass is 276 g/mol. The number of carbonyl (C=O) groups is 1. The first-order valence-corrected chi connectivity index (χ1v) is 7.45. The van der Waals surface area contributed by atoms with E-state index in [-0.39, 0.29) is 29.6 Å². The normalized spacial score (nSPS) is 27.2. The largest absolute Gasteiger partial charge is 0.341 e. The molecule has 1 saturated heterocycles. The van der Waals surface area contributed by atoms with Gasteiger partial charge < -0.3 is 10.6 Å². The molecule has 1 amide bonds. The molecule has 2 aliphatic rings. The van der Waals surface area contributed by atoms with Crippen molar-refractivity contribution in [2.24, 2.45) is 11.7 Å². The maximum Gasteiger partial charge on any atom is 0.225 e. The van der Waals surface area contributed by atoms with E-state index in [0.29, 0.717) is 6.54 Å². The van der Waals surface area contributed by atoms with Crippen molar-refractivity contribution in [2.45, 2.75) is 37.6 Å². The van der Waals surface area contributed by atoms with E-state index in [4.69, 9.17) is 5.73 Å². The van der Waals surface area contributed by atoms with Crippen molar-refractivity contribution in [2.75, 3.05) is 13.1 Å². The lowest BCUT2D eigenvalue weighted by Crippen LogP contribution is -2.51. The summed E-state index contributed by atoms with van der Waals surface area (Å²) in [6.45, 7) is 1.33. The molecule has 0 aromatic heterocycles. The standard InChI is InChI=1S/C16H21FN2O/c17-13-6-2-5-12(9-13)14-7-8-19(10-15(14)18)16(20)11-3-1-4-11/h2,5-6,9,11,14-15H,1,3-4,7-8,10,18H2. The summed E-state index contributed by atoms with van der Waals surface area (Å²) < 4.78 is 13.3. The van der Waals surface area contributed by atoms with Crippen LogP contribution in [0.25, 0.3) is 0 Å². The molecule has 1 saturated carbocycles. The van der Waals surface area contributed by atoms with Gasteiger partial charge in [0.25, 0.3) is 0 Å². The molecule has 20 heavy (non-hydrogen) atoms. The number of rotatable bonds is 2. The summed E-state index contributed by atoms with van der Waals surface area (Å²) in [7, 11) is 0. The van der Waals surface area contributed by atoms with Gasteiger partial charge in [0.1, 0.15) is 5.82 Å². The Kier molecular flexibility index (Phi) is 3.74. The molecule has 2 unspecified atom stereocenters. The molecule has 108 valence electrons. The molecular formula is C16H21FN2O. The highest BCUT2D eigenvalue weighted by Gasteiger charge is 2.35. The van der Waals surface area contributed by atoms with Crippen LogP contribution in [0, 0.1) is 11.7 Å². The number of piperidine rings is 1. The van der Waals surface area contributed by atoms with Gasteiger partial charge in [0, 0.05) is 31.0 Å². The van der Waals surface area contributed by atoms with Crippen LogP contribution in [0.2, 0.25) is 0 Å². The number of hydrogen-bond donors (Lipinski definition) is 1. The molecule has 1 heterocycles. The van der Waals surface area contributed by atoms with Crippen molar-refractivity contribution in [3.8, 4) is 0 Å². The van der Waals surface area contributed by atoms with Crippen molar-refractivity contribution < 1.29 is 9.18 Å². The number of amides is 1. The number of hydrogen-bond acceptors (Lipinski definition) is 2. The van der Waals surface area contributed by atoms with Crippen LogP contribution in [-0.2, 0) is 4.79 Å². The molecule has 0 bridgehead atoms. The van der Waals surface area contributed by atoms with Crippen LogP contribution in [0.1, 0.15) is 37.2 Å². The van der Waals surface area contributed by atoms with Gasteiger partial charge in [-0.25, -0.2) is 4.39 Å². The topological polar surface area (TPSA) is 46.3 Å². The predicted octanol–water partition coefficient (Wildman–Crippen LogP) is 2.27. The lowest BCUT2D eigenvalue weighted by atomic mass is 9.82. The van der Waals surface area contributed by atoms with Crippen LogP contribution in [0.15, 0.2) is 24.3 Å². The molecule has 3 nitrogen and oxygen atoms in total. The minimum atomic E-state index is -0.220. The highest BCUT2D eigenvalue weighted by molar-refractivity contribution is 5.79. The van der Waals surface area contributed by atoms with Crippen molar-refractivity contribution in [3.05, 3.63) is 35.6 Å². The fourth-order valence-electron chi connectivity index (χ4n) is 3.25. The van der Waals surface area contributed by atoms with Crippen LogP contribution in [0.5, 0.6) is 0 Å². The second kappa shape index (κ2) is 5.52. The van der Waals surface area contributed by atoms with Gasteiger partial charge in [-0.1, -0.05) is 18.6 Å². The molecular weight excluding hydrogens is 255 g/mol. The Bertz CT molecular complexity index is 501. The molecule has 1 aromatic rings. The number of nitrogens with two attached hydrogens (primary N) is 1. The van der Waals surface area contributed by atoms with Gasteiger partial charge in [-0.2, -0.15) is 0 Å². The zero-order valence-electron chi connectivity index (χ0n) is 11.6. The number of nitrogens with zero attached hydrogens (tertiary/aromatic N) is 1. The molecule has 2 N–H and O–H groups in total. The Balaban J connectivity index is 1.66. The SMILES string of the molecule is NC1CN(C(=O)C2CCC2)CCC1c1cccc(F)c1. The molecule has 0 spiro atoms. The van der Waals surface area contributed by atoms with Crippen molar-refractivity contribution in [1.29, 1.82) is 0 Å². The van der Waals surface area contributed by atoms with Crippen LogP contribution < -0.4 is 5.73 Å². The Morgan fingerprint density at radius 1 is 1.30 bits per heavy atom. The van der Waals surface area contributed by atoms with E-state index in [1.165, 1.54) is 12.5 Å². The third-order valence-corrected chi connectivity index (χ3v) is 4.70. The summed E-state index contributed by atoms with van der Waals surface area (Å²) in [5, 5.41) is 0. The molecule has 4 heteroatoms. The Labute approximate surface area is 118 Å². The number of benzene rings is 1. The maximum atomic E-state index is 13.3. The number of halogens is 1. The van der Waals surface area contributed by atoms with Gasteiger partial charge in [0.15, 0.2) is 0 Å². The first-order valence-electron chi connectivity index (χ1n) is 7.45. The Morgan fingerprint density at radius 2 is 2.10 bits per heavy atom. The molecule has 3 rings (SSSR count). The van der Waals surface area contributed by atoms with Crippen molar-refractivity contribution in [1.82, 2.24) is 4.90 Å². The highest BCUT2D eigenvalue weighted by atomic mass is 19.1. The zero-order chi connectivity index (χ0) is 14.1. The van der Waals surface area contributed by atoms with Gasteiger partial charge in [-0.05, 0) is 37.0 Å². The van der Waals surface area contributed by atoms with E-state index >= 15 is 0 Å². The van der Waals surface area contributed by atoms with E-state index in [1.807, 2.05) is 11.0 Å². The number of likely N-dealkylation sites (tertiary alicyclic amines) is 1. The van der Waals surface area contributed by atoms with Crippen LogP contribution >= 0.6 is 0 Å². The summed E-state index contributed by atoms with van der Waals surface area (Å²) in [5.74, 6) is 0.427. The summed E-state index contributed by atoms with van der Waals surface area (Å²) in [6.07, 6.45) is 4.04. The van der Waals surface area contributed by atoms with Crippen molar-refractivity contribution >= 4 is 5.91 Å². The maximum absolute atomic E-state index is 13.3. The van der Waals surface area contributed by atoms with Gasteiger partial charge in [-0.15, -0.1) is 0 Å². The van der Waals surface area contributed by atoms with Gasteiger partial charge in [-0.3, -0.25) is 4.79 Å². The smallest absolute Gasteiger partial charge is 0.225 e. The average molecular weight is 276 g/mol. The lowest BCUT2D eigenvalue weighted by Gasteiger charge is -2.40. The van der Waals surface area contributed by atoms with E-state index in [9.17, 15) is 9.18 Å². The van der Waals surface area contributed by atoms with Crippen LogP contribution in [-0.4, -0.2) is 29.9 Å². The fourth-order valence-corrected chi connectivity index (χ4v) is 3.25. The third kappa shape index (κ3) is 2.57. The summed E-state index contributed by atoms with van der Waals surface area (Å²) in [4.78, 5) is 14.1. The second-order valence-electron chi connectivity index (χ2n) is 6.03. The van der Waals surface area contributed by atoms with E-state index in [0.717, 1.165) is 31.4 Å². The minimum absolute atomic E-state index is 0.102. The Morgan fingerprint density at radius 3 is 2.70 bits per heavy atom. The third-order valence-electron chi connectivity index (χ3n) is 4.70. The molecule has 0 radical (unpaired) electrons. The summed E-state index contributed by atoms with van der Waals surface area (Å²) in [6, 6.07) is 6.56. The minimum Gasteiger partial charge on any atom is -0.341 e. The van der Waals surface area contributed by atoms with Gasteiger partial charge in [0.2, 0.25) is 5.91 Å². The highest BCUT2D eigenvalue weighted by Crippen LogP contribution is 2.32. The van der Waals surface area contributed by atoms with Gasteiger partial charge in [0.05, 0.1) is 0 Å². The zero-order valence-corrected chi connectivity index (χ0v) is 11.6. The summed E-state index contributed by atoms with van der Waals surface area (Å²) in [5.41, 5.74) is 7.18. The fraction of sp³-hybridized carbons (Fsp3) is 0.562. The van der Waals surface area contributed by atoms with Crippen LogP contribution in [0.3, 0.4) is 0 Å². The molecule has 1 aromatic carbocycles. The molecule has 2 atom stereocenters. The summed E-state index contributed by atoms with van der Waals surface area (Å²) >= 11 is 0. The average Bonchev–Trinajstić information content (AvgIpc) is 2.36. The lowest BCUT2D eigenvalue weighted by molar-refractivity contribution is -0.139. The van der Waals surface area contributed by atoms with E-state index in [2.05, 4.69) is 0 Å². The van der Waals surface area contributed by atoms with Gasteiger partial charge >= 0.3 is 0 Å². The quantitative estimate of drug-likeness (QED) is 0.900. The first-order chi connectivity index (χ1) is 9.65. The van der Waals surface area contributed by atoms with E-state index in [1.54, 1.807) is 12.1 Å². The Hall–Kier alpha value is -1.42. The predicted molar refractivity (Wildman–Crippen MR) is 75.7 cm³/mol. The molecule has 1 aliphatic heterocycles. The van der Waals surface area contributed by atoms with Crippen molar-refractivity contribution in [3.63, 3.8) is 0 Å². The molecule has 2 fully saturated rings. The van der Waals surface area contributed by atoms with E-state index < -0.39 is 0 Å². The molecule has 1 aliphatic carbocycles. The van der Waals surface area contributed by atoms with Crippen LogP contribution in [0.4, 0.5) is 4.39 Å². The second-order valence-corrected chi connectivity index (χ2v) is 6.03.